The van der Waals surface area contributed by atoms with Crippen LogP contribution in [0.15, 0.2) is 12.3 Å². The largest absolute Gasteiger partial charge is 0.478 e. The molecule has 1 amide bonds. The molecule has 0 bridgehead atoms. The number of pyridine rings is 1. The minimum Gasteiger partial charge on any atom is -0.478 e. The minimum absolute atomic E-state index is 0.0257. The van der Waals surface area contributed by atoms with E-state index >= 15 is 0 Å². The maximum absolute atomic E-state index is 11.4. The zero-order valence-electron chi connectivity index (χ0n) is 10.6. The molecule has 1 fully saturated rings. The van der Waals surface area contributed by atoms with Gasteiger partial charge in [0.25, 0.3) is 0 Å². The van der Waals surface area contributed by atoms with Crippen LogP contribution in [-0.2, 0) is 4.79 Å². The number of carboxylic acid groups (broad SMARTS) is 1. The van der Waals surface area contributed by atoms with Crippen LogP contribution in [0.2, 0.25) is 0 Å². The quantitative estimate of drug-likeness (QED) is 0.729. The first-order valence-corrected chi connectivity index (χ1v) is 5.97. The molecule has 1 aromatic rings. The molecule has 1 atom stereocenters. The third kappa shape index (κ3) is 2.75. The van der Waals surface area contributed by atoms with E-state index < -0.39 is 5.97 Å². The fourth-order valence-corrected chi connectivity index (χ4v) is 2.10. The lowest BCUT2D eigenvalue weighted by atomic mass is 10.1. The number of likely N-dealkylation sites (tertiary alicyclic amines) is 1. The molecule has 19 heavy (non-hydrogen) atoms. The number of nitrogens with one attached hydrogen (secondary N) is 1. The van der Waals surface area contributed by atoms with E-state index in [0.717, 1.165) is 0 Å². The molecule has 1 saturated heterocycles. The molecule has 1 aliphatic rings. The number of aromatic carboxylic acids is 1. The number of aromatic nitrogens is 1. The summed E-state index contributed by atoms with van der Waals surface area (Å²) < 4.78 is 0. The lowest BCUT2D eigenvalue weighted by molar-refractivity contribution is -0.132. The lowest BCUT2D eigenvalue weighted by Gasteiger charge is -2.30. The highest BCUT2D eigenvalue weighted by Gasteiger charge is 2.24. The average Bonchev–Trinajstić information content (AvgIpc) is 2.36. The molecule has 0 aromatic carbocycles. The molecule has 0 radical (unpaired) electrons. The second kappa shape index (κ2) is 5.13. The summed E-state index contributed by atoms with van der Waals surface area (Å²) in [4.78, 5) is 28.0. The number of carbonyl (C=O) groups excluding carboxylic acids is 1. The topological polar surface area (TPSA) is 109 Å². The summed E-state index contributed by atoms with van der Waals surface area (Å²) in [7, 11) is 1.74. The van der Waals surface area contributed by atoms with Crippen molar-refractivity contribution in [1.29, 1.82) is 0 Å². The first-order chi connectivity index (χ1) is 8.99. The van der Waals surface area contributed by atoms with Crippen molar-refractivity contribution in [1.82, 2.24) is 9.88 Å². The molecule has 7 nitrogen and oxygen atoms in total. The molecule has 4 N–H and O–H groups in total. The Morgan fingerprint density at radius 3 is 3.00 bits per heavy atom. The van der Waals surface area contributed by atoms with Gasteiger partial charge in [0.1, 0.15) is 5.82 Å². The fourth-order valence-electron chi connectivity index (χ4n) is 2.10. The second-order valence-electron chi connectivity index (χ2n) is 4.58. The number of hydrogen-bond donors (Lipinski definition) is 3. The number of nitrogens with zero attached hydrogens (tertiary/aromatic N) is 2. The van der Waals surface area contributed by atoms with Crippen LogP contribution < -0.4 is 11.1 Å². The number of nitrogens with two attached hydrogens (primary N) is 1. The number of nitrogen functional groups attached to an aromatic ring is 1. The summed E-state index contributed by atoms with van der Waals surface area (Å²) in [6.45, 7) is 0.553. The smallest absolute Gasteiger partial charge is 0.337 e. The Kier molecular flexibility index (Phi) is 3.55. The zero-order chi connectivity index (χ0) is 14.0. The second-order valence-corrected chi connectivity index (χ2v) is 4.58. The maximum Gasteiger partial charge on any atom is 0.337 e. The van der Waals surface area contributed by atoms with Gasteiger partial charge in [-0.25, -0.2) is 9.78 Å². The van der Waals surface area contributed by atoms with Crippen LogP contribution in [0.3, 0.4) is 0 Å². The molecule has 1 aromatic heterocycles. The number of carboxylic acids is 1. The highest BCUT2D eigenvalue weighted by Crippen LogP contribution is 2.22. The number of piperidine rings is 1. The van der Waals surface area contributed by atoms with Gasteiger partial charge in [0.2, 0.25) is 5.91 Å². The maximum atomic E-state index is 11.4. The standard InChI is InChI=1S/C12H16N4O3/c1-16-6-7(2-3-9(16)17)15-11-10(13)8(12(18)19)4-5-14-11/h4-5,7H,2-3,6,13H2,1H3,(H,14,15)(H,18,19). The molecular weight excluding hydrogens is 248 g/mol. The van der Waals surface area contributed by atoms with E-state index in [4.69, 9.17) is 10.8 Å². The van der Waals surface area contributed by atoms with Crippen molar-refractivity contribution in [2.45, 2.75) is 18.9 Å². The number of carbonyl (C=O) groups is 2. The van der Waals surface area contributed by atoms with Crippen molar-refractivity contribution in [2.75, 3.05) is 24.6 Å². The van der Waals surface area contributed by atoms with Crippen molar-refractivity contribution >= 4 is 23.4 Å². The molecule has 2 rings (SSSR count). The molecule has 1 aliphatic heterocycles. The number of rotatable bonds is 3. The van der Waals surface area contributed by atoms with Gasteiger partial charge in [-0.2, -0.15) is 0 Å². The van der Waals surface area contributed by atoms with Gasteiger partial charge in [0.05, 0.1) is 11.3 Å². The van der Waals surface area contributed by atoms with E-state index in [1.165, 1.54) is 12.3 Å². The SMILES string of the molecule is CN1CC(Nc2nccc(C(=O)O)c2N)CCC1=O. The van der Waals surface area contributed by atoms with E-state index in [1.807, 2.05) is 0 Å². The number of hydrogen-bond acceptors (Lipinski definition) is 5. The predicted octanol–water partition coefficient (Wildman–Crippen LogP) is 0.395. The zero-order valence-corrected chi connectivity index (χ0v) is 10.6. The minimum atomic E-state index is -1.08. The van der Waals surface area contributed by atoms with E-state index in [2.05, 4.69) is 10.3 Å². The number of likely N-dealkylation sites (N-methyl/N-ethyl adjacent to an activating group) is 1. The van der Waals surface area contributed by atoms with Crippen LogP contribution in [0.5, 0.6) is 0 Å². The molecule has 0 spiro atoms. The van der Waals surface area contributed by atoms with Crippen molar-refractivity contribution < 1.29 is 14.7 Å². The van der Waals surface area contributed by atoms with Crippen molar-refractivity contribution in [3.8, 4) is 0 Å². The van der Waals surface area contributed by atoms with Crippen LogP contribution in [-0.4, -0.2) is 46.5 Å². The van der Waals surface area contributed by atoms with Crippen LogP contribution in [0, 0.1) is 0 Å². The van der Waals surface area contributed by atoms with E-state index in [-0.39, 0.29) is 23.2 Å². The summed E-state index contributed by atoms with van der Waals surface area (Å²) in [5, 5.41) is 12.1. The molecule has 102 valence electrons. The van der Waals surface area contributed by atoms with Gasteiger partial charge in [0, 0.05) is 32.3 Å². The number of anilines is 2. The monoisotopic (exact) mass is 264 g/mol. The Morgan fingerprint density at radius 1 is 1.63 bits per heavy atom. The third-order valence-electron chi connectivity index (χ3n) is 3.19. The van der Waals surface area contributed by atoms with Gasteiger partial charge in [-0.1, -0.05) is 0 Å². The van der Waals surface area contributed by atoms with Gasteiger partial charge in [-0.3, -0.25) is 4.79 Å². The van der Waals surface area contributed by atoms with E-state index in [9.17, 15) is 9.59 Å². The van der Waals surface area contributed by atoms with Gasteiger partial charge in [-0.15, -0.1) is 0 Å². The predicted molar refractivity (Wildman–Crippen MR) is 69.9 cm³/mol. The van der Waals surface area contributed by atoms with Gasteiger partial charge in [-0.05, 0) is 12.5 Å². The van der Waals surface area contributed by atoms with Crippen LogP contribution >= 0.6 is 0 Å². The fraction of sp³-hybridized carbons (Fsp3) is 0.417. The van der Waals surface area contributed by atoms with Gasteiger partial charge in [0.15, 0.2) is 0 Å². The first kappa shape index (κ1) is 13.1. The average molecular weight is 264 g/mol. The van der Waals surface area contributed by atoms with Crippen molar-refractivity contribution in [3.05, 3.63) is 17.8 Å². The molecular formula is C12H16N4O3. The highest BCUT2D eigenvalue weighted by molar-refractivity contribution is 5.96. The normalized spacial score (nSPS) is 19.3. The molecule has 0 saturated carbocycles. The molecule has 7 heteroatoms. The van der Waals surface area contributed by atoms with E-state index in [0.29, 0.717) is 25.2 Å². The number of amides is 1. The highest BCUT2D eigenvalue weighted by atomic mass is 16.4. The van der Waals surface area contributed by atoms with Crippen LogP contribution in [0.25, 0.3) is 0 Å². The molecule has 0 aliphatic carbocycles. The summed E-state index contributed by atoms with van der Waals surface area (Å²) in [5.41, 5.74) is 5.92. The third-order valence-corrected chi connectivity index (χ3v) is 3.19. The Bertz CT molecular complexity index is 518. The Balaban J connectivity index is 2.13. The van der Waals surface area contributed by atoms with E-state index in [1.54, 1.807) is 11.9 Å². The van der Waals surface area contributed by atoms with Gasteiger partial charge >= 0.3 is 5.97 Å². The van der Waals surface area contributed by atoms with Crippen LogP contribution in [0.1, 0.15) is 23.2 Å². The summed E-state index contributed by atoms with van der Waals surface area (Å²) in [5.74, 6) is -0.621. The summed E-state index contributed by atoms with van der Waals surface area (Å²) in [6, 6.07) is 1.39. The van der Waals surface area contributed by atoms with Crippen molar-refractivity contribution in [3.63, 3.8) is 0 Å². The Hall–Kier alpha value is -2.31. The van der Waals surface area contributed by atoms with Crippen molar-refractivity contribution in [2.24, 2.45) is 0 Å². The summed E-state index contributed by atoms with van der Waals surface area (Å²) in [6.07, 6.45) is 2.55. The molecule has 2 heterocycles. The summed E-state index contributed by atoms with van der Waals surface area (Å²) >= 11 is 0. The Labute approximate surface area is 110 Å². The first-order valence-electron chi connectivity index (χ1n) is 5.97. The lowest BCUT2D eigenvalue weighted by Crippen LogP contribution is -2.43. The van der Waals surface area contributed by atoms with Crippen LogP contribution in [0.4, 0.5) is 11.5 Å². The van der Waals surface area contributed by atoms with Gasteiger partial charge < -0.3 is 21.1 Å². The Morgan fingerprint density at radius 2 is 2.37 bits per heavy atom. The molecule has 1 unspecified atom stereocenters.